The second-order valence-corrected chi connectivity index (χ2v) is 10.9. The molecule has 0 unspecified atom stereocenters. The van der Waals surface area contributed by atoms with E-state index in [0.29, 0.717) is 0 Å². The Morgan fingerprint density at radius 2 is 0.643 bits per heavy atom. The van der Waals surface area contributed by atoms with Gasteiger partial charge in [-0.25, -0.2) is 0 Å². The molecule has 0 atom stereocenters. The van der Waals surface area contributed by atoms with Crippen LogP contribution in [0.25, 0.3) is 76.8 Å². The molecule has 0 aliphatic carbocycles. The van der Waals surface area contributed by atoms with E-state index in [1.165, 1.54) is 76.8 Å². The van der Waals surface area contributed by atoms with Crippen molar-refractivity contribution in [3.63, 3.8) is 0 Å². The van der Waals surface area contributed by atoms with Gasteiger partial charge in [-0.05, 0) is 89.0 Å². The summed E-state index contributed by atoms with van der Waals surface area (Å²) in [6.45, 7) is 0. The molecule has 0 spiro atoms. The summed E-state index contributed by atoms with van der Waals surface area (Å²) in [6.07, 6.45) is 0. The van der Waals surface area contributed by atoms with E-state index in [0.717, 1.165) is 0 Å². The average molecular weight is 533 g/mol. The third-order valence-electron chi connectivity index (χ3n) is 8.45. The summed E-state index contributed by atoms with van der Waals surface area (Å²) in [4.78, 5) is 0. The van der Waals surface area contributed by atoms with Gasteiger partial charge in [-0.3, -0.25) is 0 Å². The third kappa shape index (κ3) is 4.17. The second-order valence-electron chi connectivity index (χ2n) is 10.9. The van der Waals surface area contributed by atoms with Gasteiger partial charge in [0.2, 0.25) is 0 Å². The predicted octanol–water partition coefficient (Wildman–Crippen LogP) is 11.8. The first-order chi connectivity index (χ1) is 20.8. The van der Waals surface area contributed by atoms with Crippen molar-refractivity contribution in [2.24, 2.45) is 0 Å². The van der Waals surface area contributed by atoms with Crippen LogP contribution in [0.15, 0.2) is 170 Å². The Bertz CT molecular complexity index is 2160. The number of hydrogen-bond acceptors (Lipinski definition) is 0. The van der Waals surface area contributed by atoms with Crippen molar-refractivity contribution in [2.75, 3.05) is 0 Å². The number of hydrogen-bond donors (Lipinski definition) is 0. The first-order valence-corrected chi connectivity index (χ1v) is 14.5. The van der Waals surface area contributed by atoms with Crippen LogP contribution in [0.2, 0.25) is 0 Å². The topological polar surface area (TPSA) is 0 Å². The van der Waals surface area contributed by atoms with Crippen molar-refractivity contribution in [1.82, 2.24) is 0 Å². The molecule has 0 N–H and O–H groups in total. The van der Waals surface area contributed by atoms with Gasteiger partial charge in [-0.15, -0.1) is 0 Å². The van der Waals surface area contributed by atoms with Crippen molar-refractivity contribution in [1.29, 1.82) is 0 Å². The van der Waals surface area contributed by atoms with Crippen molar-refractivity contribution in [3.8, 4) is 44.5 Å². The summed E-state index contributed by atoms with van der Waals surface area (Å²) >= 11 is 0. The van der Waals surface area contributed by atoms with Crippen molar-refractivity contribution in [3.05, 3.63) is 170 Å². The Balaban J connectivity index is 1.31. The molecule has 42 heavy (non-hydrogen) atoms. The summed E-state index contributed by atoms with van der Waals surface area (Å²) in [5, 5.41) is 7.63. The van der Waals surface area contributed by atoms with Gasteiger partial charge < -0.3 is 0 Å². The van der Waals surface area contributed by atoms with E-state index in [1.807, 2.05) is 0 Å². The number of fused-ring (bicyclic) bond motifs is 3. The highest BCUT2D eigenvalue weighted by Gasteiger charge is 2.17. The minimum absolute atomic E-state index is 1.23. The molecule has 0 heteroatoms. The maximum atomic E-state index is 2.33. The van der Waals surface area contributed by atoms with Crippen LogP contribution in [0, 0.1) is 0 Å². The molecule has 196 valence electrons. The van der Waals surface area contributed by atoms with Gasteiger partial charge in [0, 0.05) is 0 Å². The molecular weight excluding hydrogens is 504 g/mol. The van der Waals surface area contributed by atoms with E-state index in [-0.39, 0.29) is 0 Å². The van der Waals surface area contributed by atoms with Crippen molar-refractivity contribution in [2.45, 2.75) is 0 Å². The Labute approximate surface area is 246 Å². The molecular formula is C42H28. The Morgan fingerprint density at radius 3 is 1.31 bits per heavy atom. The summed E-state index contributed by atoms with van der Waals surface area (Å²) in [6, 6.07) is 61.7. The van der Waals surface area contributed by atoms with Crippen LogP contribution in [0.5, 0.6) is 0 Å². The molecule has 0 nitrogen and oxygen atoms in total. The first-order valence-electron chi connectivity index (χ1n) is 14.5. The minimum atomic E-state index is 1.23. The standard InChI is InChI=1S/C42H28/c1-2-11-29(12-3-1)34-15-10-16-36(28-34)42-39-19-8-6-17-37(39)41(38-18-7-9-20-40(38)42)32-24-21-31(22-25-32)35-26-23-30-13-4-5-14-33(30)27-35/h1-28H. The predicted molar refractivity (Wildman–Crippen MR) is 181 cm³/mol. The molecule has 8 aromatic carbocycles. The molecule has 8 rings (SSSR count). The molecule has 0 aromatic heterocycles. The van der Waals surface area contributed by atoms with E-state index in [4.69, 9.17) is 0 Å². The number of benzene rings is 8. The minimum Gasteiger partial charge on any atom is -0.0622 e. The molecule has 0 saturated heterocycles. The zero-order chi connectivity index (χ0) is 27.9. The summed E-state index contributed by atoms with van der Waals surface area (Å²) < 4.78 is 0. The van der Waals surface area contributed by atoms with Gasteiger partial charge in [-0.2, -0.15) is 0 Å². The monoisotopic (exact) mass is 532 g/mol. The fourth-order valence-electron chi connectivity index (χ4n) is 6.43. The van der Waals surface area contributed by atoms with Crippen LogP contribution in [-0.2, 0) is 0 Å². The van der Waals surface area contributed by atoms with Gasteiger partial charge in [0.15, 0.2) is 0 Å². The quantitative estimate of drug-likeness (QED) is 0.198. The Kier molecular flexibility index (Phi) is 5.90. The van der Waals surface area contributed by atoms with Crippen LogP contribution in [0.3, 0.4) is 0 Å². The zero-order valence-corrected chi connectivity index (χ0v) is 23.2. The summed E-state index contributed by atoms with van der Waals surface area (Å²) in [5.74, 6) is 0. The van der Waals surface area contributed by atoms with Gasteiger partial charge in [-0.1, -0.05) is 158 Å². The molecule has 0 fully saturated rings. The molecule has 0 aliphatic rings. The largest absolute Gasteiger partial charge is 0.0622 e. The summed E-state index contributed by atoms with van der Waals surface area (Å²) in [5.41, 5.74) is 9.98. The van der Waals surface area contributed by atoms with Crippen LogP contribution in [0.4, 0.5) is 0 Å². The first kappa shape index (κ1) is 24.3. The lowest BCUT2D eigenvalue weighted by molar-refractivity contribution is 1.61. The highest BCUT2D eigenvalue weighted by atomic mass is 14.2. The average Bonchev–Trinajstić information content (AvgIpc) is 3.07. The third-order valence-corrected chi connectivity index (χ3v) is 8.45. The van der Waals surface area contributed by atoms with Crippen LogP contribution < -0.4 is 0 Å². The second kappa shape index (κ2) is 10.2. The van der Waals surface area contributed by atoms with E-state index in [1.54, 1.807) is 0 Å². The van der Waals surface area contributed by atoms with Crippen molar-refractivity contribution < 1.29 is 0 Å². The fraction of sp³-hybridized carbons (Fsp3) is 0. The highest BCUT2D eigenvalue weighted by Crippen LogP contribution is 2.44. The molecule has 8 aromatic rings. The molecule has 0 heterocycles. The number of rotatable bonds is 4. The van der Waals surface area contributed by atoms with E-state index in [9.17, 15) is 0 Å². The van der Waals surface area contributed by atoms with Gasteiger partial charge in [0.1, 0.15) is 0 Å². The molecule has 0 radical (unpaired) electrons. The maximum Gasteiger partial charge on any atom is -0.00262 e. The molecule has 0 amide bonds. The van der Waals surface area contributed by atoms with Crippen LogP contribution in [0.1, 0.15) is 0 Å². The van der Waals surface area contributed by atoms with Gasteiger partial charge >= 0.3 is 0 Å². The van der Waals surface area contributed by atoms with Crippen LogP contribution in [-0.4, -0.2) is 0 Å². The normalized spacial score (nSPS) is 11.3. The van der Waals surface area contributed by atoms with Crippen LogP contribution >= 0.6 is 0 Å². The Hall–Kier alpha value is -5.46. The SMILES string of the molecule is c1ccc(-c2cccc(-c3c4ccccc4c(-c4ccc(-c5ccc6ccccc6c5)cc4)c4ccccc34)c2)cc1. The fourth-order valence-corrected chi connectivity index (χ4v) is 6.43. The molecule has 0 saturated carbocycles. The Morgan fingerprint density at radius 1 is 0.214 bits per heavy atom. The lowest BCUT2D eigenvalue weighted by Gasteiger charge is -2.18. The van der Waals surface area contributed by atoms with Gasteiger partial charge in [0.05, 0.1) is 0 Å². The lowest BCUT2D eigenvalue weighted by Crippen LogP contribution is -1.91. The highest BCUT2D eigenvalue weighted by molar-refractivity contribution is 6.21. The zero-order valence-electron chi connectivity index (χ0n) is 23.2. The summed E-state index contributed by atoms with van der Waals surface area (Å²) in [7, 11) is 0. The van der Waals surface area contributed by atoms with E-state index in [2.05, 4.69) is 170 Å². The van der Waals surface area contributed by atoms with E-state index < -0.39 is 0 Å². The molecule has 0 aliphatic heterocycles. The van der Waals surface area contributed by atoms with E-state index >= 15 is 0 Å². The smallest absolute Gasteiger partial charge is 0.00262 e. The molecule has 0 bridgehead atoms. The van der Waals surface area contributed by atoms with Crippen molar-refractivity contribution >= 4 is 32.3 Å². The lowest BCUT2D eigenvalue weighted by atomic mass is 9.85. The maximum absolute atomic E-state index is 2.33. The van der Waals surface area contributed by atoms with Gasteiger partial charge in [0.25, 0.3) is 0 Å².